The van der Waals surface area contributed by atoms with E-state index < -0.39 is 0 Å². The standard InChI is InChI=1S/C12H21Cl3/c1-2-3-4-5-6-7-8-9-10-11(13)12(14)15/h2-10H2,1H3. The first-order valence-corrected chi connectivity index (χ1v) is 7.01. The molecule has 0 radical (unpaired) electrons. The zero-order valence-corrected chi connectivity index (χ0v) is 11.8. The Morgan fingerprint density at radius 2 is 1.20 bits per heavy atom. The monoisotopic (exact) mass is 270 g/mol. The molecule has 0 aromatic carbocycles. The van der Waals surface area contributed by atoms with E-state index in [2.05, 4.69) is 6.92 Å². The van der Waals surface area contributed by atoms with Crippen LogP contribution in [0, 0.1) is 0 Å². The normalized spacial score (nSPS) is 10.4. The van der Waals surface area contributed by atoms with E-state index in [-0.39, 0.29) is 4.49 Å². The maximum atomic E-state index is 5.81. The number of hydrogen-bond donors (Lipinski definition) is 0. The summed E-state index contributed by atoms with van der Waals surface area (Å²) in [5.74, 6) is 0. The van der Waals surface area contributed by atoms with Crippen LogP contribution < -0.4 is 0 Å². The van der Waals surface area contributed by atoms with Crippen LogP contribution in [0.3, 0.4) is 0 Å². The van der Waals surface area contributed by atoms with E-state index in [0.29, 0.717) is 5.03 Å². The van der Waals surface area contributed by atoms with Crippen LogP contribution in [0.4, 0.5) is 0 Å². The number of halogens is 3. The molecule has 0 aliphatic heterocycles. The molecule has 3 heteroatoms. The number of rotatable bonds is 9. The quantitative estimate of drug-likeness (QED) is 0.425. The molecule has 0 unspecified atom stereocenters. The van der Waals surface area contributed by atoms with E-state index >= 15 is 0 Å². The van der Waals surface area contributed by atoms with E-state index in [0.717, 1.165) is 12.8 Å². The van der Waals surface area contributed by atoms with Crippen LogP contribution in [0.2, 0.25) is 0 Å². The van der Waals surface area contributed by atoms with Gasteiger partial charge in [0.1, 0.15) is 4.49 Å². The van der Waals surface area contributed by atoms with Crippen LogP contribution in [0.1, 0.15) is 64.7 Å². The summed E-state index contributed by atoms with van der Waals surface area (Å²) in [7, 11) is 0. The topological polar surface area (TPSA) is 0 Å². The van der Waals surface area contributed by atoms with Gasteiger partial charge in [0.2, 0.25) is 0 Å². The van der Waals surface area contributed by atoms with Gasteiger partial charge in [-0.1, -0.05) is 86.7 Å². The fraction of sp³-hybridized carbons (Fsp3) is 0.833. The zero-order chi connectivity index (χ0) is 11.5. The van der Waals surface area contributed by atoms with Gasteiger partial charge in [0.25, 0.3) is 0 Å². The lowest BCUT2D eigenvalue weighted by Crippen LogP contribution is -1.81. The molecule has 0 N–H and O–H groups in total. The number of unbranched alkanes of at least 4 members (excludes halogenated alkanes) is 7. The van der Waals surface area contributed by atoms with E-state index in [1.165, 1.54) is 44.9 Å². The van der Waals surface area contributed by atoms with Gasteiger partial charge in [0.05, 0.1) is 0 Å². The van der Waals surface area contributed by atoms with Gasteiger partial charge in [-0.25, -0.2) is 0 Å². The van der Waals surface area contributed by atoms with Gasteiger partial charge >= 0.3 is 0 Å². The summed E-state index contributed by atoms with van der Waals surface area (Å²) in [6, 6.07) is 0. The van der Waals surface area contributed by atoms with Crippen molar-refractivity contribution >= 4 is 34.8 Å². The third-order valence-electron chi connectivity index (χ3n) is 2.45. The average Bonchev–Trinajstić information content (AvgIpc) is 2.21. The van der Waals surface area contributed by atoms with Gasteiger partial charge in [-0.2, -0.15) is 0 Å². The summed E-state index contributed by atoms with van der Waals surface area (Å²) in [6.45, 7) is 2.24. The number of allylic oxidation sites excluding steroid dienone is 1. The smallest absolute Gasteiger partial charge is 0.0866 e. The van der Waals surface area contributed by atoms with Crippen molar-refractivity contribution in [3.63, 3.8) is 0 Å². The Hall–Kier alpha value is 0.610. The molecule has 0 saturated heterocycles. The van der Waals surface area contributed by atoms with Gasteiger partial charge in [0, 0.05) is 5.03 Å². The number of hydrogen-bond acceptors (Lipinski definition) is 0. The first-order chi connectivity index (χ1) is 7.18. The highest BCUT2D eigenvalue weighted by Crippen LogP contribution is 2.23. The molecule has 0 nitrogen and oxygen atoms in total. The van der Waals surface area contributed by atoms with E-state index in [4.69, 9.17) is 34.8 Å². The zero-order valence-electron chi connectivity index (χ0n) is 9.50. The molecule has 0 spiro atoms. The predicted molar refractivity (Wildman–Crippen MR) is 71.8 cm³/mol. The van der Waals surface area contributed by atoms with Crippen LogP contribution in [0.5, 0.6) is 0 Å². The molecule has 0 rings (SSSR count). The molecule has 0 atom stereocenters. The van der Waals surface area contributed by atoms with Crippen LogP contribution in [-0.2, 0) is 0 Å². The van der Waals surface area contributed by atoms with Crippen molar-refractivity contribution in [1.29, 1.82) is 0 Å². The molecule has 0 saturated carbocycles. The van der Waals surface area contributed by atoms with E-state index in [9.17, 15) is 0 Å². The molecule has 0 bridgehead atoms. The highest BCUT2D eigenvalue weighted by atomic mass is 35.5. The molecule has 0 fully saturated rings. The lowest BCUT2D eigenvalue weighted by molar-refractivity contribution is 0.577. The first kappa shape index (κ1) is 15.6. The van der Waals surface area contributed by atoms with Crippen molar-refractivity contribution in [2.75, 3.05) is 0 Å². The van der Waals surface area contributed by atoms with Crippen molar-refractivity contribution in [3.05, 3.63) is 9.52 Å². The Morgan fingerprint density at radius 1 is 0.733 bits per heavy atom. The van der Waals surface area contributed by atoms with Crippen molar-refractivity contribution < 1.29 is 0 Å². The van der Waals surface area contributed by atoms with Gasteiger partial charge in [0.15, 0.2) is 0 Å². The van der Waals surface area contributed by atoms with Gasteiger partial charge in [-0.15, -0.1) is 0 Å². The molecule has 0 heterocycles. The lowest BCUT2D eigenvalue weighted by atomic mass is 10.1. The van der Waals surface area contributed by atoms with E-state index in [1.54, 1.807) is 0 Å². The lowest BCUT2D eigenvalue weighted by Gasteiger charge is -2.01. The Bertz CT molecular complexity index is 172. The summed E-state index contributed by atoms with van der Waals surface area (Å²) >= 11 is 16.9. The first-order valence-electron chi connectivity index (χ1n) is 5.88. The maximum absolute atomic E-state index is 5.81. The summed E-state index contributed by atoms with van der Waals surface area (Å²) in [6.07, 6.45) is 11.2. The summed E-state index contributed by atoms with van der Waals surface area (Å²) < 4.78 is 0.222. The average molecular weight is 272 g/mol. The molecule has 15 heavy (non-hydrogen) atoms. The van der Waals surface area contributed by atoms with Crippen LogP contribution in [-0.4, -0.2) is 0 Å². The Kier molecular flexibility index (Phi) is 11.6. The Labute approximate surface area is 109 Å². The van der Waals surface area contributed by atoms with Gasteiger partial charge in [-0.3, -0.25) is 0 Å². The van der Waals surface area contributed by atoms with Crippen LogP contribution in [0.25, 0.3) is 0 Å². The summed E-state index contributed by atoms with van der Waals surface area (Å²) in [4.78, 5) is 0. The molecule has 0 aliphatic rings. The third-order valence-corrected chi connectivity index (χ3v) is 3.48. The second-order valence-electron chi connectivity index (χ2n) is 3.89. The van der Waals surface area contributed by atoms with E-state index in [1.807, 2.05) is 0 Å². The molecular weight excluding hydrogens is 250 g/mol. The second-order valence-corrected chi connectivity index (χ2v) is 5.30. The van der Waals surface area contributed by atoms with Crippen LogP contribution >= 0.6 is 34.8 Å². The molecule has 0 amide bonds. The van der Waals surface area contributed by atoms with Crippen molar-refractivity contribution in [1.82, 2.24) is 0 Å². The Balaban J connectivity index is 3.15. The highest BCUT2D eigenvalue weighted by Gasteiger charge is 1.98. The summed E-state index contributed by atoms with van der Waals surface area (Å²) in [5.41, 5.74) is 0. The van der Waals surface area contributed by atoms with Crippen molar-refractivity contribution in [3.8, 4) is 0 Å². The largest absolute Gasteiger partial charge is 0.121 e. The highest BCUT2D eigenvalue weighted by molar-refractivity contribution is 6.59. The molecular formula is C12H21Cl3. The molecule has 90 valence electrons. The second kappa shape index (κ2) is 11.1. The van der Waals surface area contributed by atoms with Gasteiger partial charge < -0.3 is 0 Å². The minimum Gasteiger partial charge on any atom is -0.0866 e. The summed E-state index contributed by atoms with van der Waals surface area (Å²) in [5, 5.41) is 0.601. The van der Waals surface area contributed by atoms with Gasteiger partial charge in [-0.05, 0) is 12.8 Å². The third kappa shape index (κ3) is 10.9. The van der Waals surface area contributed by atoms with Crippen LogP contribution in [0.15, 0.2) is 9.52 Å². The van der Waals surface area contributed by atoms with Crippen molar-refractivity contribution in [2.45, 2.75) is 64.7 Å². The predicted octanol–water partition coefficient (Wildman–Crippen LogP) is 6.40. The Morgan fingerprint density at radius 3 is 1.67 bits per heavy atom. The maximum Gasteiger partial charge on any atom is 0.121 e. The minimum atomic E-state index is 0.222. The SMILES string of the molecule is CCCCCCCCCCC(Cl)=C(Cl)Cl. The molecule has 0 aromatic rings. The fourth-order valence-corrected chi connectivity index (χ4v) is 1.83. The van der Waals surface area contributed by atoms with Crippen molar-refractivity contribution in [2.24, 2.45) is 0 Å². The molecule has 0 aromatic heterocycles. The molecule has 0 aliphatic carbocycles. The fourth-order valence-electron chi connectivity index (χ4n) is 1.51. The minimum absolute atomic E-state index is 0.222.